The van der Waals surface area contributed by atoms with E-state index in [0.717, 1.165) is 24.2 Å². The van der Waals surface area contributed by atoms with E-state index in [1.54, 1.807) is 6.20 Å². The van der Waals surface area contributed by atoms with Crippen LogP contribution < -0.4 is 5.32 Å². The van der Waals surface area contributed by atoms with Crippen molar-refractivity contribution in [1.29, 1.82) is 0 Å². The van der Waals surface area contributed by atoms with Crippen molar-refractivity contribution in [1.82, 2.24) is 20.5 Å². The van der Waals surface area contributed by atoms with E-state index in [4.69, 9.17) is 0 Å². The zero-order valence-corrected chi connectivity index (χ0v) is 9.62. The molecule has 0 fully saturated rings. The van der Waals surface area contributed by atoms with Crippen molar-refractivity contribution in [3.05, 3.63) is 35.8 Å². The van der Waals surface area contributed by atoms with Crippen molar-refractivity contribution >= 4 is 0 Å². The van der Waals surface area contributed by atoms with Crippen molar-refractivity contribution in [3.8, 4) is 11.3 Å². The molecule has 0 spiro atoms. The van der Waals surface area contributed by atoms with Crippen LogP contribution >= 0.6 is 0 Å². The number of nitrogens with one attached hydrogen (secondary N) is 2. The van der Waals surface area contributed by atoms with Crippen LogP contribution in [0.3, 0.4) is 0 Å². The zero-order chi connectivity index (χ0) is 11.4. The lowest BCUT2D eigenvalue weighted by Gasteiger charge is -2.00. The van der Waals surface area contributed by atoms with Crippen LogP contribution in [-0.2, 0) is 6.42 Å². The summed E-state index contributed by atoms with van der Waals surface area (Å²) in [6.07, 6.45) is 4.58. The second kappa shape index (κ2) is 4.90. The molecule has 0 aromatic carbocycles. The van der Waals surface area contributed by atoms with Crippen LogP contribution in [0.25, 0.3) is 11.3 Å². The van der Waals surface area contributed by atoms with Crippen molar-refractivity contribution < 1.29 is 0 Å². The lowest BCUT2D eigenvalue weighted by molar-refractivity contribution is 0.769. The van der Waals surface area contributed by atoms with Gasteiger partial charge >= 0.3 is 0 Å². The summed E-state index contributed by atoms with van der Waals surface area (Å²) in [4.78, 5) is 4.11. The first-order valence-corrected chi connectivity index (χ1v) is 5.41. The largest absolute Gasteiger partial charge is 0.319 e. The third-order valence-electron chi connectivity index (χ3n) is 2.67. The molecule has 2 aromatic heterocycles. The van der Waals surface area contributed by atoms with E-state index in [9.17, 15) is 0 Å². The Balaban J connectivity index is 2.27. The van der Waals surface area contributed by atoms with Gasteiger partial charge in [-0.05, 0) is 31.7 Å². The Morgan fingerprint density at radius 1 is 1.44 bits per heavy atom. The summed E-state index contributed by atoms with van der Waals surface area (Å²) in [5, 5.41) is 10.6. The quantitative estimate of drug-likeness (QED) is 0.815. The Kier molecular flexibility index (Phi) is 3.31. The summed E-state index contributed by atoms with van der Waals surface area (Å²) in [5.41, 5.74) is 4.46. The Labute approximate surface area is 95.1 Å². The number of nitrogens with zero attached hydrogens (tertiary/aromatic N) is 2. The molecular formula is C12H16N4. The number of hydrogen-bond donors (Lipinski definition) is 2. The minimum absolute atomic E-state index is 0.954. The first-order valence-electron chi connectivity index (χ1n) is 5.41. The fraction of sp³-hybridized carbons (Fsp3) is 0.333. The Morgan fingerprint density at radius 3 is 3.00 bits per heavy atom. The Bertz CT molecular complexity index is 447. The number of likely N-dealkylation sites (N-methyl/N-ethyl adjacent to an activating group) is 1. The molecule has 0 radical (unpaired) electrons. The second-order valence-corrected chi connectivity index (χ2v) is 3.77. The predicted octanol–water partition coefficient (Wildman–Crippen LogP) is 1.54. The molecule has 2 rings (SSSR count). The van der Waals surface area contributed by atoms with E-state index >= 15 is 0 Å². The fourth-order valence-corrected chi connectivity index (χ4v) is 1.71. The molecule has 0 bridgehead atoms. The topological polar surface area (TPSA) is 53.6 Å². The molecular weight excluding hydrogens is 200 g/mol. The van der Waals surface area contributed by atoms with Crippen LogP contribution in [0, 0.1) is 6.92 Å². The zero-order valence-electron chi connectivity index (χ0n) is 9.62. The molecule has 0 amide bonds. The first-order chi connectivity index (χ1) is 7.83. The van der Waals surface area contributed by atoms with Crippen LogP contribution in [-0.4, -0.2) is 28.8 Å². The Hall–Kier alpha value is -1.68. The van der Waals surface area contributed by atoms with Crippen LogP contribution in [0.5, 0.6) is 0 Å². The van der Waals surface area contributed by atoms with E-state index in [1.165, 1.54) is 11.3 Å². The van der Waals surface area contributed by atoms with E-state index < -0.39 is 0 Å². The highest BCUT2D eigenvalue weighted by atomic mass is 15.1. The molecule has 4 heteroatoms. The van der Waals surface area contributed by atoms with Crippen molar-refractivity contribution in [3.63, 3.8) is 0 Å². The number of aromatic amines is 1. The van der Waals surface area contributed by atoms with Crippen molar-refractivity contribution in [2.75, 3.05) is 13.6 Å². The highest BCUT2D eigenvalue weighted by Crippen LogP contribution is 2.21. The lowest BCUT2D eigenvalue weighted by Crippen LogP contribution is -2.11. The maximum Gasteiger partial charge on any atom is 0.0968 e. The van der Waals surface area contributed by atoms with Gasteiger partial charge in [0.25, 0.3) is 0 Å². The summed E-state index contributed by atoms with van der Waals surface area (Å²) in [7, 11) is 1.95. The maximum atomic E-state index is 4.35. The molecule has 0 aliphatic rings. The molecule has 2 heterocycles. The molecule has 2 N–H and O–H groups in total. The average molecular weight is 216 g/mol. The minimum atomic E-state index is 0.954. The molecule has 0 saturated heterocycles. The van der Waals surface area contributed by atoms with Gasteiger partial charge in [-0.15, -0.1) is 0 Å². The number of aromatic nitrogens is 3. The van der Waals surface area contributed by atoms with Crippen LogP contribution in [0.4, 0.5) is 0 Å². The SMILES string of the molecule is CNCCc1[nH]nc(-c2cccnc2)c1C. The van der Waals surface area contributed by atoms with Gasteiger partial charge in [-0.1, -0.05) is 0 Å². The lowest BCUT2D eigenvalue weighted by atomic mass is 10.1. The first kappa shape index (κ1) is 10.8. The minimum Gasteiger partial charge on any atom is -0.319 e. The molecule has 2 aromatic rings. The van der Waals surface area contributed by atoms with Crippen molar-refractivity contribution in [2.24, 2.45) is 0 Å². The van der Waals surface area contributed by atoms with Gasteiger partial charge in [0.05, 0.1) is 5.69 Å². The van der Waals surface area contributed by atoms with E-state index in [2.05, 4.69) is 27.4 Å². The highest BCUT2D eigenvalue weighted by molar-refractivity contribution is 5.62. The molecule has 16 heavy (non-hydrogen) atoms. The molecule has 0 aliphatic carbocycles. The molecule has 4 nitrogen and oxygen atoms in total. The summed E-state index contributed by atoms with van der Waals surface area (Å²) < 4.78 is 0. The average Bonchev–Trinajstić information content (AvgIpc) is 2.69. The number of hydrogen-bond acceptors (Lipinski definition) is 3. The standard InChI is InChI=1S/C12H16N4/c1-9-11(5-7-13-2)15-16-12(9)10-4-3-6-14-8-10/h3-4,6,8,13H,5,7H2,1-2H3,(H,15,16). The van der Waals surface area contributed by atoms with Gasteiger partial charge in [-0.3, -0.25) is 10.1 Å². The fourth-order valence-electron chi connectivity index (χ4n) is 1.71. The van der Waals surface area contributed by atoms with Crippen LogP contribution in [0.15, 0.2) is 24.5 Å². The monoisotopic (exact) mass is 216 g/mol. The van der Waals surface area contributed by atoms with Gasteiger partial charge in [-0.25, -0.2) is 0 Å². The van der Waals surface area contributed by atoms with Gasteiger partial charge in [0.15, 0.2) is 0 Å². The van der Waals surface area contributed by atoms with Gasteiger partial charge in [-0.2, -0.15) is 5.10 Å². The predicted molar refractivity (Wildman–Crippen MR) is 64.2 cm³/mol. The van der Waals surface area contributed by atoms with Crippen molar-refractivity contribution in [2.45, 2.75) is 13.3 Å². The number of rotatable bonds is 4. The summed E-state index contributed by atoms with van der Waals surface area (Å²) in [5.74, 6) is 0. The Morgan fingerprint density at radius 2 is 2.31 bits per heavy atom. The van der Waals surface area contributed by atoms with Crippen LogP contribution in [0.2, 0.25) is 0 Å². The molecule has 84 valence electrons. The molecule has 0 atom stereocenters. The molecule has 0 aliphatic heterocycles. The van der Waals surface area contributed by atoms with Gasteiger partial charge in [0, 0.05) is 36.6 Å². The third-order valence-corrected chi connectivity index (χ3v) is 2.67. The van der Waals surface area contributed by atoms with E-state index in [-0.39, 0.29) is 0 Å². The normalized spacial score (nSPS) is 10.6. The highest BCUT2D eigenvalue weighted by Gasteiger charge is 2.09. The van der Waals surface area contributed by atoms with Crippen LogP contribution in [0.1, 0.15) is 11.3 Å². The van der Waals surface area contributed by atoms with E-state index in [1.807, 2.05) is 25.4 Å². The summed E-state index contributed by atoms with van der Waals surface area (Å²) >= 11 is 0. The number of H-pyrrole nitrogens is 1. The van der Waals surface area contributed by atoms with Gasteiger partial charge in [0.2, 0.25) is 0 Å². The summed E-state index contributed by atoms with van der Waals surface area (Å²) in [6.45, 7) is 3.05. The van der Waals surface area contributed by atoms with E-state index in [0.29, 0.717) is 0 Å². The maximum absolute atomic E-state index is 4.35. The molecule has 0 saturated carbocycles. The summed E-state index contributed by atoms with van der Waals surface area (Å²) in [6, 6.07) is 3.95. The van der Waals surface area contributed by atoms with Gasteiger partial charge < -0.3 is 5.32 Å². The third kappa shape index (κ3) is 2.12. The number of pyridine rings is 1. The second-order valence-electron chi connectivity index (χ2n) is 3.77. The molecule has 0 unspecified atom stereocenters. The van der Waals surface area contributed by atoms with Gasteiger partial charge in [0.1, 0.15) is 0 Å². The smallest absolute Gasteiger partial charge is 0.0968 e.